The molecule has 1 aromatic carbocycles. The lowest BCUT2D eigenvalue weighted by atomic mass is 9.60. The van der Waals surface area contributed by atoms with Gasteiger partial charge in [-0.05, 0) is 62.4 Å². The normalized spacial score (nSPS) is 22.8. The van der Waals surface area contributed by atoms with Gasteiger partial charge in [0.05, 0.1) is 10.7 Å². The number of nitrogens with one attached hydrogen (secondary N) is 2. The van der Waals surface area contributed by atoms with Crippen LogP contribution < -0.4 is 10.6 Å². The first-order valence-corrected chi connectivity index (χ1v) is 7.76. The number of piperidine rings is 1. The molecule has 2 fully saturated rings. The summed E-state index contributed by atoms with van der Waals surface area (Å²) in [4.78, 5) is 0. The van der Waals surface area contributed by atoms with E-state index in [1.807, 2.05) is 12.1 Å². The van der Waals surface area contributed by atoms with Crippen molar-refractivity contribution in [2.24, 2.45) is 5.41 Å². The second kappa shape index (κ2) is 5.03. The third-order valence-electron chi connectivity index (χ3n) is 4.31. The molecule has 1 heterocycles. The van der Waals surface area contributed by atoms with E-state index in [-0.39, 0.29) is 0 Å². The zero-order chi connectivity index (χ0) is 12.6. The Labute approximate surface area is 122 Å². The van der Waals surface area contributed by atoms with Gasteiger partial charge in [0.2, 0.25) is 0 Å². The van der Waals surface area contributed by atoms with Crippen molar-refractivity contribution in [3.8, 4) is 0 Å². The SMILES string of the molecule is Clc1ccc(Br)cc1NC1CC2(CCNCC2)C1. The highest BCUT2D eigenvalue weighted by molar-refractivity contribution is 9.10. The summed E-state index contributed by atoms with van der Waals surface area (Å²) in [5.74, 6) is 0. The lowest BCUT2D eigenvalue weighted by molar-refractivity contribution is 0.0719. The molecular formula is C14H18BrClN2. The molecule has 1 saturated heterocycles. The summed E-state index contributed by atoms with van der Waals surface area (Å²) >= 11 is 9.69. The zero-order valence-corrected chi connectivity index (χ0v) is 12.6. The molecule has 1 aliphatic heterocycles. The number of rotatable bonds is 2. The molecule has 0 radical (unpaired) electrons. The molecule has 1 aliphatic carbocycles. The monoisotopic (exact) mass is 328 g/mol. The number of benzene rings is 1. The largest absolute Gasteiger partial charge is 0.381 e. The third-order valence-corrected chi connectivity index (χ3v) is 5.13. The van der Waals surface area contributed by atoms with Crippen LogP contribution in [0.5, 0.6) is 0 Å². The van der Waals surface area contributed by atoms with Gasteiger partial charge >= 0.3 is 0 Å². The highest BCUT2D eigenvalue weighted by Gasteiger charge is 2.44. The van der Waals surface area contributed by atoms with E-state index in [1.54, 1.807) is 0 Å². The van der Waals surface area contributed by atoms with Crippen molar-refractivity contribution in [2.45, 2.75) is 31.7 Å². The van der Waals surface area contributed by atoms with Gasteiger partial charge in [-0.1, -0.05) is 27.5 Å². The Balaban J connectivity index is 1.60. The van der Waals surface area contributed by atoms with Crippen molar-refractivity contribution in [2.75, 3.05) is 18.4 Å². The van der Waals surface area contributed by atoms with Crippen LogP contribution in [0.4, 0.5) is 5.69 Å². The van der Waals surface area contributed by atoms with Gasteiger partial charge in [0.15, 0.2) is 0 Å². The Hall–Kier alpha value is -0.250. The number of halogens is 2. The fraction of sp³-hybridized carbons (Fsp3) is 0.571. The van der Waals surface area contributed by atoms with Gasteiger partial charge < -0.3 is 10.6 Å². The topological polar surface area (TPSA) is 24.1 Å². The molecule has 98 valence electrons. The van der Waals surface area contributed by atoms with Crippen molar-refractivity contribution in [1.29, 1.82) is 0 Å². The molecule has 0 aromatic heterocycles. The van der Waals surface area contributed by atoms with Crippen molar-refractivity contribution in [3.63, 3.8) is 0 Å². The predicted molar refractivity (Wildman–Crippen MR) is 80.3 cm³/mol. The molecule has 18 heavy (non-hydrogen) atoms. The maximum Gasteiger partial charge on any atom is 0.0638 e. The van der Waals surface area contributed by atoms with Crippen molar-refractivity contribution in [1.82, 2.24) is 5.32 Å². The molecule has 0 amide bonds. The van der Waals surface area contributed by atoms with Crippen LogP contribution in [0.3, 0.4) is 0 Å². The van der Waals surface area contributed by atoms with Crippen LogP contribution in [0, 0.1) is 5.41 Å². The van der Waals surface area contributed by atoms with Crippen LogP contribution in [0.2, 0.25) is 5.02 Å². The first-order chi connectivity index (χ1) is 8.67. The third kappa shape index (κ3) is 2.54. The summed E-state index contributed by atoms with van der Waals surface area (Å²) in [6.45, 7) is 2.37. The Morgan fingerprint density at radius 3 is 2.72 bits per heavy atom. The van der Waals surface area contributed by atoms with Crippen LogP contribution in [0.15, 0.2) is 22.7 Å². The fourth-order valence-corrected chi connectivity index (χ4v) is 3.81. The Bertz CT molecular complexity index is 435. The molecular weight excluding hydrogens is 312 g/mol. The fourth-order valence-electron chi connectivity index (χ4n) is 3.28. The highest BCUT2D eigenvalue weighted by atomic mass is 79.9. The summed E-state index contributed by atoms with van der Waals surface area (Å²) in [5.41, 5.74) is 1.67. The minimum atomic E-state index is 0.592. The van der Waals surface area contributed by atoms with Gasteiger partial charge in [-0.3, -0.25) is 0 Å². The van der Waals surface area contributed by atoms with Gasteiger partial charge in [-0.25, -0.2) is 0 Å². The second-order valence-electron chi connectivity index (χ2n) is 5.62. The molecule has 1 spiro atoms. The number of hydrogen-bond acceptors (Lipinski definition) is 2. The van der Waals surface area contributed by atoms with Crippen molar-refractivity contribution >= 4 is 33.2 Å². The molecule has 1 saturated carbocycles. The summed E-state index contributed by atoms with van der Waals surface area (Å²) in [5, 5.41) is 7.83. The van der Waals surface area contributed by atoms with Crippen LogP contribution in [0.1, 0.15) is 25.7 Å². The predicted octanol–water partition coefficient (Wildman–Crippen LogP) is 4.05. The minimum Gasteiger partial charge on any atom is -0.381 e. The lowest BCUT2D eigenvalue weighted by Gasteiger charge is -2.51. The quantitative estimate of drug-likeness (QED) is 0.855. The van der Waals surface area contributed by atoms with E-state index < -0.39 is 0 Å². The zero-order valence-electron chi connectivity index (χ0n) is 10.3. The molecule has 0 unspecified atom stereocenters. The Kier molecular flexibility index (Phi) is 3.57. The molecule has 2 N–H and O–H groups in total. The maximum absolute atomic E-state index is 6.21. The van der Waals surface area contributed by atoms with E-state index >= 15 is 0 Å². The van der Waals surface area contributed by atoms with E-state index in [1.165, 1.54) is 38.8 Å². The average molecular weight is 330 g/mol. The van der Waals surface area contributed by atoms with E-state index in [4.69, 9.17) is 11.6 Å². The van der Waals surface area contributed by atoms with Gasteiger partial charge in [0.25, 0.3) is 0 Å². The molecule has 2 nitrogen and oxygen atoms in total. The van der Waals surface area contributed by atoms with Crippen molar-refractivity contribution in [3.05, 3.63) is 27.7 Å². The standard InChI is InChI=1S/C14H18BrClN2/c15-10-1-2-12(16)13(7-10)18-11-8-14(9-11)3-5-17-6-4-14/h1-2,7,11,17-18H,3-6,8-9H2. The van der Waals surface area contributed by atoms with E-state index in [0.29, 0.717) is 11.5 Å². The molecule has 3 rings (SSSR count). The molecule has 1 aromatic rings. The van der Waals surface area contributed by atoms with E-state index in [2.05, 4.69) is 32.6 Å². The van der Waals surface area contributed by atoms with Crippen LogP contribution in [0.25, 0.3) is 0 Å². The number of anilines is 1. The molecule has 0 atom stereocenters. The summed E-state index contributed by atoms with van der Waals surface area (Å²) in [7, 11) is 0. The Morgan fingerprint density at radius 2 is 2.00 bits per heavy atom. The summed E-state index contributed by atoms with van der Waals surface area (Å²) < 4.78 is 1.07. The van der Waals surface area contributed by atoms with Gasteiger partial charge in [-0.15, -0.1) is 0 Å². The van der Waals surface area contributed by atoms with Crippen LogP contribution >= 0.6 is 27.5 Å². The molecule has 4 heteroatoms. The average Bonchev–Trinajstić information content (AvgIpc) is 2.33. The van der Waals surface area contributed by atoms with Crippen molar-refractivity contribution < 1.29 is 0 Å². The van der Waals surface area contributed by atoms with Gasteiger partial charge in [-0.2, -0.15) is 0 Å². The maximum atomic E-state index is 6.21. The number of hydrogen-bond donors (Lipinski definition) is 2. The van der Waals surface area contributed by atoms with Gasteiger partial charge in [0, 0.05) is 10.5 Å². The lowest BCUT2D eigenvalue weighted by Crippen LogP contribution is -2.50. The van der Waals surface area contributed by atoms with Gasteiger partial charge in [0.1, 0.15) is 0 Å². The minimum absolute atomic E-state index is 0.592. The van der Waals surface area contributed by atoms with E-state index in [0.717, 1.165) is 15.2 Å². The van der Waals surface area contributed by atoms with Crippen LogP contribution in [-0.4, -0.2) is 19.1 Å². The first-order valence-electron chi connectivity index (χ1n) is 6.59. The van der Waals surface area contributed by atoms with E-state index in [9.17, 15) is 0 Å². The van der Waals surface area contributed by atoms with Crippen LogP contribution in [-0.2, 0) is 0 Å². The Morgan fingerprint density at radius 1 is 1.28 bits per heavy atom. The first kappa shape index (κ1) is 12.8. The molecule has 0 bridgehead atoms. The summed E-state index contributed by atoms with van der Waals surface area (Å²) in [6.07, 6.45) is 5.24. The second-order valence-corrected chi connectivity index (χ2v) is 6.95. The molecule has 2 aliphatic rings. The highest BCUT2D eigenvalue weighted by Crippen LogP contribution is 2.49. The summed E-state index contributed by atoms with van der Waals surface area (Å²) in [6, 6.07) is 6.57. The smallest absolute Gasteiger partial charge is 0.0638 e.